The molecule has 136 valence electrons. The van der Waals surface area contributed by atoms with E-state index < -0.39 is 40.6 Å². The Morgan fingerprint density at radius 1 is 0.917 bits per heavy atom. The molecule has 0 aliphatic heterocycles. The van der Waals surface area contributed by atoms with Gasteiger partial charge in [-0.15, -0.1) is 0 Å². The van der Waals surface area contributed by atoms with E-state index in [1.165, 1.54) is 0 Å². The van der Waals surface area contributed by atoms with E-state index in [0.29, 0.717) is 23.3 Å². The molecule has 0 N–H and O–H groups in total. The van der Waals surface area contributed by atoms with Gasteiger partial charge in [0.25, 0.3) is 0 Å². The minimum atomic E-state index is -2.31. The maximum Gasteiger partial charge on any atom is 0.344 e. The van der Waals surface area contributed by atoms with Crippen molar-refractivity contribution in [3.8, 4) is 0 Å². The number of carbonyl (C=O) groups excluding carboxylic acids is 1. The van der Waals surface area contributed by atoms with E-state index in [1.807, 2.05) is 13.8 Å². The van der Waals surface area contributed by atoms with Crippen molar-refractivity contribution in [3.05, 3.63) is 34.6 Å². The number of esters is 1. The van der Waals surface area contributed by atoms with Gasteiger partial charge >= 0.3 is 5.97 Å². The van der Waals surface area contributed by atoms with Crippen molar-refractivity contribution in [2.45, 2.75) is 45.1 Å². The summed E-state index contributed by atoms with van der Waals surface area (Å²) < 4.78 is 75.7. The first-order chi connectivity index (χ1) is 11.1. The first kappa shape index (κ1) is 20.6. The molecule has 0 saturated heterocycles. The third kappa shape index (κ3) is 5.00. The highest BCUT2D eigenvalue weighted by atomic mass is 28.2. The molecule has 9 heteroatoms. The van der Waals surface area contributed by atoms with Gasteiger partial charge in [0.2, 0.25) is 5.82 Å². The number of rotatable bonds is 8. The van der Waals surface area contributed by atoms with Crippen molar-refractivity contribution < 1.29 is 35.9 Å². The lowest BCUT2D eigenvalue weighted by Crippen LogP contribution is -2.22. The van der Waals surface area contributed by atoms with Gasteiger partial charge in [-0.1, -0.05) is 6.42 Å². The van der Waals surface area contributed by atoms with E-state index >= 15 is 0 Å². The Hall–Kier alpha value is -1.48. The van der Waals surface area contributed by atoms with Crippen LogP contribution in [0.1, 0.15) is 49.9 Å². The van der Waals surface area contributed by atoms with Crippen LogP contribution in [0.15, 0.2) is 0 Å². The molecule has 0 amide bonds. The number of hydrogen-bond acceptors (Lipinski definition) is 3. The van der Waals surface area contributed by atoms with Gasteiger partial charge in [-0.3, -0.25) is 0 Å². The summed E-state index contributed by atoms with van der Waals surface area (Å²) in [6, 6.07) is 0. The zero-order valence-electron chi connectivity index (χ0n) is 13.7. The lowest BCUT2D eigenvalue weighted by molar-refractivity contribution is 0.0478. The second-order valence-electron chi connectivity index (χ2n) is 5.86. The molecule has 0 heterocycles. The molecule has 0 fully saturated rings. The third-order valence-corrected chi connectivity index (χ3v) is 4.73. The zero-order valence-corrected chi connectivity index (χ0v) is 15.7. The highest BCUT2D eigenvalue weighted by Gasteiger charge is 2.30. The zero-order chi connectivity index (χ0) is 18.5. The van der Waals surface area contributed by atoms with Gasteiger partial charge in [-0.2, -0.15) is 0 Å². The molecular weight excluding hydrogens is 351 g/mol. The van der Waals surface area contributed by atoms with E-state index in [0.717, 1.165) is 12.8 Å². The normalized spacial score (nSPS) is 11.8. The summed E-state index contributed by atoms with van der Waals surface area (Å²) in [4.78, 5) is 11.6. The van der Waals surface area contributed by atoms with Crippen LogP contribution in [0.4, 0.5) is 22.0 Å². The number of unbranched alkanes of at least 4 members (excludes halogenated alkanes) is 2. The van der Waals surface area contributed by atoms with Crippen molar-refractivity contribution in [1.82, 2.24) is 0 Å². The molecule has 0 radical (unpaired) electrons. The van der Waals surface area contributed by atoms with Gasteiger partial charge in [0, 0.05) is 5.60 Å². The maximum atomic E-state index is 13.4. The lowest BCUT2D eigenvalue weighted by Gasteiger charge is -2.23. The van der Waals surface area contributed by atoms with Crippen LogP contribution < -0.4 is 0 Å². The summed E-state index contributed by atoms with van der Waals surface area (Å²) in [5.41, 5.74) is -1.80. The summed E-state index contributed by atoms with van der Waals surface area (Å²) in [6.45, 7) is 3.72. The topological polar surface area (TPSA) is 35.5 Å². The molecule has 0 unspecified atom stereocenters. The molecule has 0 atom stereocenters. The minimum absolute atomic E-state index is 0.180. The van der Waals surface area contributed by atoms with Crippen LogP contribution in [-0.4, -0.2) is 28.7 Å². The van der Waals surface area contributed by atoms with Gasteiger partial charge in [0.05, 0.1) is 6.61 Å². The molecule has 1 aromatic carbocycles. The summed E-state index contributed by atoms with van der Waals surface area (Å²) in [6.07, 6.45) is 2.65. The fraction of sp³-hybridized carbons (Fsp3) is 0.533. The highest BCUT2D eigenvalue weighted by Crippen LogP contribution is 2.24. The molecule has 24 heavy (non-hydrogen) atoms. The molecular formula is C15H19F5O3Si. The number of ether oxygens (including phenoxy) is 1. The standard InChI is InChI=1S/C15H19F5O3Si/c1-15(2,23-24)6-4-3-5-7-22-14(21)8-9(16)11(18)13(20)12(19)10(8)17/h3-7H2,1-2,24H3. The van der Waals surface area contributed by atoms with Crippen molar-refractivity contribution >= 4 is 16.5 Å². The molecule has 0 bridgehead atoms. The quantitative estimate of drug-likeness (QED) is 0.176. The first-order valence-corrected chi connectivity index (χ1v) is 8.17. The van der Waals surface area contributed by atoms with E-state index in [9.17, 15) is 26.7 Å². The Kier molecular flexibility index (Phi) is 7.34. The van der Waals surface area contributed by atoms with E-state index in [4.69, 9.17) is 4.43 Å². The van der Waals surface area contributed by atoms with Crippen LogP contribution in [-0.2, 0) is 9.16 Å². The lowest BCUT2D eigenvalue weighted by atomic mass is 10.0. The van der Waals surface area contributed by atoms with E-state index in [-0.39, 0.29) is 12.2 Å². The Morgan fingerprint density at radius 2 is 1.42 bits per heavy atom. The van der Waals surface area contributed by atoms with Crippen LogP contribution in [0.25, 0.3) is 0 Å². The number of carbonyl (C=O) groups is 1. The van der Waals surface area contributed by atoms with Gasteiger partial charge in [0.1, 0.15) is 16.0 Å². The van der Waals surface area contributed by atoms with Crippen LogP contribution in [0.2, 0.25) is 0 Å². The van der Waals surface area contributed by atoms with E-state index in [2.05, 4.69) is 4.74 Å². The van der Waals surface area contributed by atoms with Gasteiger partial charge in [0.15, 0.2) is 23.3 Å². The average Bonchev–Trinajstić information content (AvgIpc) is 2.54. The number of halogens is 5. The molecule has 0 aliphatic rings. The smallest absolute Gasteiger partial charge is 0.344 e. The molecule has 3 nitrogen and oxygen atoms in total. The van der Waals surface area contributed by atoms with E-state index in [1.54, 1.807) is 0 Å². The van der Waals surface area contributed by atoms with Crippen molar-refractivity contribution in [2.75, 3.05) is 6.61 Å². The predicted octanol–water partition coefficient (Wildman–Crippen LogP) is 3.17. The van der Waals surface area contributed by atoms with Crippen LogP contribution in [0, 0.1) is 29.1 Å². The first-order valence-electron chi connectivity index (χ1n) is 7.36. The highest BCUT2D eigenvalue weighted by molar-refractivity contribution is 5.98. The molecule has 0 spiro atoms. The summed E-state index contributed by atoms with van der Waals surface area (Å²) in [5, 5.41) is 0. The van der Waals surface area contributed by atoms with Gasteiger partial charge in [-0.25, -0.2) is 26.7 Å². The Balaban J connectivity index is 2.56. The second kappa shape index (κ2) is 8.57. The summed E-state index contributed by atoms with van der Waals surface area (Å²) in [5.74, 6) is -12.6. The SMILES string of the molecule is CC(C)(CCCCCOC(=O)c1c(F)c(F)c(F)c(F)c1F)O[SiH3]. The minimum Gasteiger partial charge on any atom is -0.462 e. The number of hydrogen-bond donors (Lipinski definition) is 0. The predicted molar refractivity (Wildman–Crippen MR) is 80.1 cm³/mol. The Morgan fingerprint density at radius 3 is 1.92 bits per heavy atom. The van der Waals surface area contributed by atoms with Gasteiger partial charge < -0.3 is 9.16 Å². The fourth-order valence-electron chi connectivity index (χ4n) is 1.95. The Bertz CT molecular complexity index is 578. The van der Waals surface area contributed by atoms with Crippen molar-refractivity contribution in [3.63, 3.8) is 0 Å². The molecule has 0 aliphatic carbocycles. The number of benzene rings is 1. The third-order valence-electron chi connectivity index (χ3n) is 3.62. The average molecular weight is 370 g/mol. The maximum absolute atomic E-state index is 13.4. The Labute approximate surface area is 139 Å². The second-order valence-corrected chi connectivity index (χ2v) is 6.26. The summed E-state index contributed by atoms with van der Waals surface area (Å²) >= 11 is 0. The van der Waals surface area contributed by atoms with Crippen LogP contribution in [0.5, 0.6) is 0 Å². The summed E-state index contributed by atoms with van der Waals surface area (Å²) in [7, 11) is 0.618. The fourth-order valence-corrected chi connectivity index (χ4v) is 2.16. The monoisotopic (exact) mass is 370 g/mol. The van der Waals surface area contributed by atoms with Crippen LogP contribution >= 0.6 is 0 Å². The molecule has 0 aromatic heterocycles. The van der Waals surface area contributed by atoms with Crippen molar-refractivity contribution in [2.24, 2.45) is 0 Å². The molecule has 1 rings (SSSR count). The van der Waals surface area contributed by atoms with Gasteiger partial charge in [-0.05, 0) is 33.1 Å². The van der Waals surface area contributed by atoms with Crippen molar-refractivity contribution in [1.29, 1.82) is 0 Å². The largest absolute Gasteiger partial charge is 0.462 e. The molecule has 1 aromatic rings. The van der Waals surface area contributed by atoms with Crippen LogP contribution in [0.3, 0.4) is 0 Å². The molecule has 0 saturated carbocycles.